The molecule has 0 saturated carbocycles. The number of aryl methyl sites for hydroxylation is 1. The van der Waals surface area contributed by atoms with Crippen molar-refractivity contribution in [3.8, 4) is 0 Å². The Balaban J connectivity index is 0.00000288. The highest BCUT2D eigenvalue weighted by atomic mass is 127. The van der Waals surface area contributed by atoms with E-state index >= 15 is 0 Å². The van der Waals surface area contributed by atoms with Crippen molar-refractivity contribution in [2.45, 2.75) is 38.0 Å². The summed E-state index contributed by atoms with van der Waals surface area (Å²) in [5.74, 6) is 2.06. The molecule has 0 aliphatic carbocycles. The van der Waals surface area contributed by atoms with Gasteiger partial charge >= 0.3 is 0 Å². The van der Waals surface area contributed by atoms with Crippen LogP contribution in [-0.2, 0) is 11.3 Å². The number of nitrogens with zero attached hydrogens (tertiary/aromatic N) is 3. The molecule has 0 bridgehead atoms. The first-order valence-electron chi connectivity index (χ1n) is 8.13. The molecule has 1 fully saturated rings. The largest absolute Gasteiger partial charge is 0.381 e. The minimum atomic E-state index is 0. The van der Waals surface area contributed by atoms with Crippen LogP contribution in [0.15, 0.2) is 10.4 Å². The lowest BCUT2D eigenvalue weighted by Crippen LogP contribution is -2.48. The van der Waals surface area contributed by atoms with Crippen LogP contribution in [0.25, 0.3) is 0 Å². The van der Waals surface area contributed by atoms with Gasteiger partial charge in [0.2, 0.25) is 0 Å². The number of hydrogen-bond acceptors (Lipinski definition) is 5. The van der Waals surface area contributed by atoms with Gasteiger partial charge in [-0.05, 0) is 25.5 Å². The van der Waals surface area contributed by atoms with Crippen LogP contribution in [0, 0.1) is 6.92 Å². The molecule has 0 unspecified atom stereocenters. The summed E-state index contributed by atoms with van der Waals surface area (Å²) in [7, 11) is 3.91. The zero-order chi connectivity index (χ0) is 16.7. The third kappa shape index (κ3) is 6.34. The molecule has 138 valence electrons. The Kier molecular flexibility index (Phi) is 9.91. The fourth-order valence-corrected chi connectivity index (χ4v) is 4.69. The number of aliphatic imine (C=N–C) groups is 1. The Bertz CT molecular complexity index is 512. The molecule has 0 radical (unpaired) electrons. The quantitative estimate of drug-likeness (QED) is 0.381. The van der Waals surface area contributed by atoms with Gasteiger partial charge in [0.1, 0.15) is 0 Å². The van der Waals surface area contributed by atoms with E-state index in [-0.39, 0.29) is 28.7 Å². The van der Waals surface area contributed by atoms with Gasteiger partial charge in [-0.25, -0.2) is 4.98 Å². The van der Waals surface area contributed by atoms with Gasteiger partial charge in [-0.1, -0.05) is 6.92 Å². The fraction of sp³-hybridized carbons (Fsp3) is 0.750. The number of rotatable bonds is 6. The summed E-state index contributed by atoms with van der Waals surface area (Å²) in [5.41, 5.74) is 1.10. The summed E-state index contributed by atoms with van der Waals surface area (Å²) in [6.07, 6.45) is 2.20. The maximum Gasteiger partial charge on any atom is 0.193 e. The predicted molar refractivity (Wildman–Crippen MR) is 116 cm³/mol. The molecule has 0 spiro atoms. The SMILES string of the molecule is CCSC1(CNC(=NC)N(C)Cc2csc(C)n2)CCOCC1.I. The predicted octanol–water partition coefficient (Wildman–Crippen LogP) is 3.38. The van der Waals surface area contributed by atoms with E-state index in [0.717, 1.165) is 61.6 Å². The molecule has 1 aliphatic rings. The standard InChI is InChI=1S/C16H28N4OS2.HI/c1-5-23-16(6-8-21-9-7-16)12-18-15(17-3)20(4)10-14-11-22-13(2)19-14;/h11H,5-10,12H2,1-4H3,(H,17,18);1H. The molecule has 1 aromatic heterocycles. The van der Waals surface area contributed by atoms with Crippen molar-refractivity contribution in [3.05, 3.63) is 16.1 Å². The van der Waals surface area contributed by atoms with Crippen molar-refractivity contribution in [2.24, 2.45) is 4.99 Å². The Morgan fingerprint density at radius 3 is 2.75 bits per heavy atom. The van der Waals surface area contributed by atoms with Crippen molar-refractivity contribution >= 4 is 53.0 Å². The summed E-state index contributed by atoms with van der Waals surface area (Å²) in [6, 6.07) is 0. The number of aromatic nitrogens is 1. The highest BCUT2D eigenvalue weighted by Crippen LogP contribution is 2.34. The molecule has 1 aromatic rings. The molecule has 1 saturated heterocycles. The Labute approximate surface area is 171 Å². The van der Waals surface area contributed by atoms with Crippen molar-refractivity contribution in [1.29, 1.82) is 0 Å². The Morgan fingerprint density at radius 1 is 1.50 bits per heavy atom. The molecule has 5 nitrogen and oxygen atoms in total. The number of nitrogens with one attached hydrogen (secondary N) is 1. The first-order chi connectivity index (χ1) is 11.1. The van der Waals surface area contributed by atoms with E-state index in [1.165, 1.54) is 0 Å². The summed E-state index contributed by atoms with van der Waals surface area (Å²) < 4.78 is 5.81. The summed E-state index contributed by atoms with van der Waals surface area (Å²) in [4.78, 5) is 11.1. The van der Waals surface area contributed by atoms with E-state index in [2.05, 4.69) is 39.5 Å². The topological polar surface area (TPSA) is 49.8 Å². The fourth-order valence-electron chi connectivity index (χ4n) is 2.85. The molecule has 2 heterocycles. The summed E-state index contributed by atoms with van der Waals surface area (Å²) >= 11 is 3.74. The first kappa shape index (κ1) is 22.0. The number of hydrogen-bond donors (Lipinski definition) is 1. The molecule has 8 heteroatoms. The molecule has 2 rings (SSSR count). The number of halogens is 1. The average Bonchev–Trinajstić information content (AvgIpc) is 2.94. The van der Waals surface area contributed by atoms with Crippen LogP contribution in [0.3, 0.4) is 0 Å². The van der Waals surface area contributed by atoms with E-state index in [1.54, 1.807) is 11.3 Å². The average molecular weight is 484 g/mol. The van der Waals surface area contributed by atoms with Crippen LogP contribution < -0.4 is 5.32 Å². The van der Waals surface area contributed by atoms with Crippen LogP contribution in [0.5, 0.6) is 0 Å². The van der Waals surface area contributed by atoms with Crippen LogP contribution in [-0.4, -0.2) is 60.2 Å². The normalized spacial score (nSPS) is 17.2. The maximum atomic E-state index is 5.54. The lowest BCUT2D eigenvalue weighted by molar-refractivity contribution is 0.0780. The zero-order valence-electron chi connectivity index (χ0n) is 15.0. The molecule has 0 aromatic carbocycles. The molecule has 1 aliphatic heterocycles. The molecular weight excluding hydrogens is 455 g/mol. The second-order valence-corrected chi connectivity index (χ2v) is 8.64. The smallest absolute Gasteiger partial charge is 0.193 e. The van der Waals surface area contributed by atoms with Crippen molar-refractivity contribution in [3.63, 3.8) is 0 Å². The lowest BCUT2D eigenvalue weighted by atomic mass is 9.99. The van der Waals surface area contributed by atoms with Crippen LogP contribution in [0.1, 0.15) is 30.5 Å². The number of ether oxygens (including phenoxy) is 1. The van der Waals surface area contributed by atoms with Gasteiger partial charge in [-0.2, -0.15) is 11.8 Å². The van der Waals surface area contributed by atoms with Gasteiger partial charge in [0, 0.05) is 44.0 Å². The summed E-state index contributed by atoms with van der Waals surface area (Å²) in [6.45, 7) is 7.71. The van der Waals surface area contributed by atoms with E-state index in [1.807, 2.05) is 25.7 Å². The van der Waals surface area contributed by atoms with Gasteiger partial charge in [0.05, 0.1) is 17.2 Å². The second-order valence-electron chi connectivity index (χ2n) is 5.84. The van der Waals surface area contributed by atoms with Crippen molar-refractivity contribution in [2.75, 3.05) is 39.6 Å². The van der Waals surface area contributed by atoms with Crippen molar-refractivity contribution in [1.82, 2.24) is 15.2 Å². The van der Waals surface area contributed by atoms with E-state index in [4.69, 9.17) is 4.74 Å². The van der Waals surface area contributed by atoms with Gasteiger partial charge in [0.15, 0.2) is 5.96 Å². The number of thiazole rings is 1. The van der Waals surface area contributed by atoms with Crippen molar-refractivity contribution < 1.29 is 4.74 Å². The van der Waals surface area contributed by atoms with E-state index in [0.29, 0.717) is 0 Å². The van der Waals surface area contributed by atoms with E-state index in [9.17, 15) is 0 Å². The minimum absolute atomic E-state index is 0. The third-order valence-corrected chi connectivity index (χ3v) is 6.34. The van der Waals surface area contributed by atoms with Crippen LogP contribution in [0.2, 0.25) is 0 Å². The Hall–Kier alpha value is -0.0600. The van der Waals surface area contributed by atoms with Gasteiger partial charge in [0.25, 0.3) is 0 Å². The monoisotopic (exact) mass is 484 g/mol. The lowest BCUT2D eigenvalue weighted by Gasteiger charge is -2.37. The van der Waals surface area contributed by atoms with Gasteiger partial charge < -0.3 is 15.0 Å². The van der Waals surface area contributed by atoms with Crippen LogP contribution >= 0.6 is 47.1 Å². The summed E-state index contributed by atoms with van der Waals surface area (Å²) in [5, 5.41) is 6.79. The third-order valence-electron chi connectivity index (χ3n) is 4.06. The zero-order valence-corrected chi connectivity index (χ0v) is 19.0. The minimum Gasteiger partial charge on any atom is -0.381 e. The first-order valence-corrected chi connectivity index (χ1v) is 9.99. The number of thioether (sulfide) groups is 1. The molecule has 0 atom stereocenters. The Morgan fingerprint density at radius 2 is 2.21 bits per heavy atom. The molecule has 1 N–H and O–H groups in total. The molecule has 0 amide bonds. The van der Waals surface area contributed by atoms with Gasteiger partial charge in [-0.3, -0.25) is 4.99 Å². The highest BCUT2D eigenvalue weighted by molar-refractivity contribution is 14.0. The van der Waals surface area contributed by atoms with Crippen LogP contribution in [0.4, 0.5) is 0 Å². The van der Waals surface area contributed by atoms with Gasteiger partial charge in [-0.15, -0.1) is 35.3 Å². The maximum absolute atomic E-state index is 5.54. The number of guanidine groups is 1. The van der Waals surface area contributed by atoms with E-state index < -0.39 is 0 Å². The second kappa shape index (κ2) is 10.8. The molecule has 24 heavy (non-hydrogen) atoms. The molecular formula is C16H29IN4OS2. The highest BCUT2D eigenvalue weighted by Gasteiger charge is 2.33.